The Balaban J connectivity index is 1.55. The largest absolute Gasteiger partial charge is 0.444 e. The fraction of sp³-hybridized carbons (Fsp3) is 0.583. The van der Waals surface area contributed by atoms with Crippen molar-refractivity contribution in [3.63, 3.8) is 0 Å². The number of imidazole rings is 1. The molecule has 1 atom stereocenters. The van der Waals surface area contributed by atoms with Gasteiger partial charge in [0.15, 0.2) is 15.8 Å². The van der Waals surface area contributed by atoms with Crippen LogP contribution in [0.3, 0.4) is 0 Å². The van der Waals surface area contributed by atoms with Crippen molar-refractivity contribution in [2.75, 3.05) is 24.5 Å². The number of fused-ring (bicyclic) bond motifs is 1. The van der Waals surface area contributed by atoms with Gasteiger partial charge in [-0.25, -0.2) is 31.7 Å². The zero-order chi connectivity index (χ0) is 28.3. The van der Waals surface area contributed by atoms with Gasteiger partial charge < -0.3 is 14.5 Å². The van der Waals surface area contributed by atoms with Gasteiger partial charge in [-0.15, -0.1) is 10.2 Å². The van der Waals surface area contributed by atoms with Gasteiger partial charge in [-0.2, -0.15) is 0 Å². The molecular weight excluding hydrogens is 552 g/mol. The van der Waals surface area contributed by atoms with E-state index in [1.165, 1.54) is 6.20 Å². The molecule has 0 spiro atoms. The highest BCUT2D eigenvalue weighted by Gasteiger charge is 2.42. The van der Waals surface area contributed by atoms with Crippen molar-refractivity contribution in [2.24, 2.45) is 0 Å². The first-order valence-corrected chi connectivity index (χ1v) is 14.9. The van der Waals surface area contributed by atoms with Gasteiger partial charge in [0.05, 0.1) is 17.4 Å². The summed E-state index contributed by atoms with van der Waals surface area (Å²) in [5, 5.41) is 7.14. The van der Waals surface area contributed by atoms with Crippen LogP contribution in [-0.2, 0) is 14.8 Å². The third-order valence-corrected chi connectivity index (χ3v) is 9.22. The summed E-state index contributed by atoms with van der Waals surface area (Å²) in [5.74, 6) is 0.213. The Morgan fingerprint density at radius 3 is 2.56 bits per heavy atom. The third kappa shape index (κ3) is 5.70. The first-order valence-electron chi connectivity index (χ1n) is 12.6. The Morgan fingerprint density at radius 1 is 1.26 bits per heavy atom. The average Bonchev–Trinajstić information content (AvgIpc) is 3.22. The van der Waals surface area contributed by atoms with Crippen LogP contribution in [0.15, 0.2) is 23.4 Å². The van der Waals surface area contributed by atoms with Crippen molar-refractivity contribution in [1.82, 2.24) is 29.2 Å². The Bertz CT molecular complexity index is 1510. The zero-order valence-corrected chi connectivity index (χ0v) is 23.9. The zero-order valence-electron chi connectivity index (χ0n) is 22.3. The van der Waals surface area contributed by atoms with Gasteiger partial charge in [-0.3, -0.25) is 4.40 Å². The van der Waals surface area contributed by atoms with Gasteiger partial charge in [0.1, 0.15) is 10.5 Å². The number of sulfonamides is 1. The van der Waals surface area contributed by atoms with Gasteiger partial charge in [0, 0.05) is 37.4 Å². The summed E-state index contributed by atoms with van der Waals surface area (Å²) in [6, 6.07) is 1.41. The van der Waals surface area contributed by atoms with Crippen LogP contribution in [0.1, 0.15) is 58.9 Å². The molecule has 1 aliphatic heterocycles. The van der Waals surface area contributed by atoms with E-state index < -0.39 is 38.7 Å². The van der Waals surface area contributed by atoms with Crippen molar-refractivity contribution in [2.45, 2.75) is 76.0 Å². The standard InChI is InChI=1S/C24H31F2N7O4S2/c1-14-12-31(22(34)37-23(2,3)4)8-9-32(14)16-10-15(39(35,36)30-24(5)6-7-24)13-33-17(16)11-27-19(33)21-29-28-20(38-21)18(25)26/h10-11,13-14,18,30H,6-9,12H2,1-5H3/t14-/m0/s1. The molecule has 3 aromatic heterocycles. The molecule has 2 aliphatic rings. The van der Waals surface area contributed by atoms with E-state index in [0.29, 0.717) is 42.2 Å². The Labute approximate surface area is 229 Å². The van der Waals surface area contributed by atoms with E-state index in [-0.39, 0.29) is 21.8 Å². The number of halogens is 2. The minimum absolute atomic E-state index is 0.0118. The van der Waals surface area contributed by atoms with E-state index in [1.807, 2.05) is 39.5 Å². The van der Waals surface area contributed by atoms with E-state index in [4.69, 9.17) is 4.74 Å². The number of amides is 1. The summed E-state index contributed by atoms with van der Waals surface area (Å²) in [7, 11) is -3.92. The topological polar surface area (TPSA) is 122 Å². The van der Waals surface area contributed by atoms with Crippen molar-refractivity contribution in [1.29, 1.82) is 0 Å². The maximum atomic E-state index is 13.4. The number of pyridine rings is 1. The van der Waals surface area contributed by atoms with Crippen LogP contribution in [0.4, 0.5) is 19.3 Å². The van der Waals surface area contributed by atoms with Crippen LogP contribution < -0.4 is 9.62 Å². The van der Waals surface area contributed by atoms with Gasteiger partial charge in [0.2, 0.25) is 10.0 Å². The molecule has 1 aliphatic carbocycles. The second-order valence-corrected chi connectivity index (χ2v) is 14.0. The Morgan fingerprint density at radius 2 is 1.97 bits per heavy atom. The van der Waals surface area contributed by atoms with Gasteiger partial charge in [-0.05, 0) is 53.5 Å². The summed E-state index contributed by atoms with van der Waals surface area (Å²) in [5.41, 5.74) is 0.0459. The number of alkyl halides is 2. The first kappa shape index (κ1) is 27.6. The minimum Gasteiger partial charge on any atom is -0.444 e. The number of ether oxygens (including phenoxy) is 1. The first-order chi connectivity index (χ1) is 18.2. The highest BCUT2D eigenvalue weighted by atomic mass is 32.2. The number of carbonyl (C=O) groups excluding carboxylic acids is 1. The lowest BCUT2D eigenvalue weighted by atomic mass is 10.1. The van der Waals surface area contributed by atoms with Crippen LogP contribution in [0.5, 0.6) is 0 Å². The van der Waals surface area contributed by atoms with Crippen LogP contribution in [-0.4, -0.2) is 75.8 Å². The molecule has 1 saturated heterocycles. The molecule has 15 heteroatoms. The minimum atomic E-state index is -3.92. The molecule has 5 rings (SSSR count). The SMILES string of the molecule is C[C@H]1CN(C(=O)OC(C)(C)C)CCN1c1cc(S(=O)(=O)NC2(C)CC2)cn2c(-c3nnc(C(F)F)s3)ncc12. The van der Waals surface area contributed by atoms with Crippen LogP contribution in [0, 0.1) is 0 Å². The highest BCUT2D eigenvalue weighted by Crippen LogP contribution is 2.38. The predicted molar refractivity (Wildman–Crippen MR) is 142 cm³/mol. The number of piperazine rings is 1. The maximum absolute atomic E-state index is 13.4. The summed E-state index contributed by atoms with van der Waals surface area (Å²) in [4.78, 5) is 20.7. The number of hydrogen-bond acceptors (Lipinski definition) is 9. The number of nitrogens with one attached hydrogen (secondary N) is 1. The molecule has 0 radical (unpaired) electrons. The van der Waals surface area contributed by atoms with E-state index >= 15 is 0 Å². The van der Waals surface area contributed by atoms with Crippen LogP contribution in [0.25, 0.3) is 16.3 Å². The van der Waals surface area contributed by atoms with Crippen molar-refractivity contribution in [3.05, 3.63) is 23.5 Å². The summed E-state index contributed by atoms with van der Waals surface area (Å²) in [6.07, 6.45) is 1.29. The molecule has 0 bridgehead atoms. The molecule has 212 valence electrons. The number of nitrogens with zero attached hydrogens (tertiary/aromatic N) is 6. The molecule has 3 aromatic rings. The van der Waals surface area contributed by atoms with Crippen molar-refractivity contribution < 1.29 is 26.7 Å². The number of rotatable bonds is 6. The summed E-state index contributed by atoms with van der Waals surface area (Å²) in [6.45, 7) is 10.4. The number of anilines is 1. The fourth-order valence-corrected chi connectivity index (χ4v) is 6.66. The van der Waals surface area contributed by atoms with Crippen molar-refractivity contribution in [3.8, 4) is 10.8 Å². The van der Waals surface area contributed by atoms with Crippen molar-refractivity contribution >= 4 is 38.7 Å². The quantitative estimate of drug-likeness (QED) is 0.461. The van der Waals surface area contributed by atoms with E-state index in [1.54, 1.807) is 21.6 Å². The Hall–Kier alpha value is -2.91. The molecule has 1 N–H and O–H groups in total. The molecule has 11 nitrogen and oxygen atoms in total. The smallest absolute Gasteiger partial charge is 0.410 e. The Kier molecular flexibility index (Phi) is 6.82. The van der Waals surface area contributed by atoms with E-state index in [9.17, 15) is 22.0 Å². The second kappa shape index (κ2) is 9.63. The number of carbonyl (C=O) groups is 1. The lowest BCUT2D eigenvalue weighted by Gasteiger charge is -2.41. The molecule has 2 fully saturated rings. The summed E-state index contributed by atoms with van der Waals surface area (Å²) >= 11 is 0.704. The number of aromatic nitrogens is 4. The van der Waals surface area contributed by atoms with E-state index in [0.717, 1.165) is 12.8 Å². The van der Waals surface area contributed by atoms with Crippen LogP contribution >= 0.6 is 11.3 Å². The molecule has 39 heavy (non-hydrogen) atoms. The second-order valence-electron chi connectivity index (χ2n) is 11.3. The van der Waals surface area contributed by atoms with Gasteiger partial charge >= 0.3 is 6.09 Å². The molecular formula is C24H31F2N7O4S2. The lowest BCUT2D eigenvalue weighted by Crippen LogP contribution is -2.54. The summed E-state index contributed by atoms with van der Waals surface area (Å²) < 4.78 is 63.1. The average molecular weight is 584 g/mol. The molecule has 0 unspecified atom stereocenters. The fourth-order valence-electron chi connectivity index (χ4n) is 4.48. The lowest BCUT2D eigenvalue weighted by molar-refractivity contribution is 0.0219. The van der Waals surface area contributed by atoms with E-state index in [2.05, 4.69) is 19.9 Å². The molecule has 1 saturated carbocycles. The molecule has 4 heterocycles. The predicted octanol–water partition coefficient (Wildman–Crippen LogP) is 4.07. The molecule has 0 aromatic carbocycles. The number of hydrogen-bond donors (Lipinski definition) is 1. The van der Waals surface area contributed by atoms with Gasteiger partial charge in [-0.1, -0.05) is 11.3 Å². The monoisotopic (exact) mass is 583 g/mol. The molecule has 1 amide bonds. The van der Waals surface area contributed by atoms with Gasteiger partial charge in [0.25, 0.3) is 6.43 Å². The normalized spacial score (nSPS) is 19.6. The highest BCUT2D eigenvalue weighted by molar-refractivity contribution is 7.89. The van der Waals surface area contributed by atoms with Crippen LogP contribution in [0.2, 0.25) is 0 Å². The third-order valence-electron chi connectivity index (χ3n) is 6.69. The maximum Gasteiger partial charge on any atom is 0.410 e.